The topological polar surface area (TPSA) is 112 Å². The average Bonchev–Trinajstić information content (AvgIpc) is 3.13. The van der Waals surface area contributed by atoms with Gasteiger partial charge in [0, 0.05) is 23.1 Å². The molecular weight excluding hydrogens is 384 g/mol. The maximum atomic E-state index is 12.8. The highest BCUT2D eigenvalue weighted by Crippen LogP contribution is 2.35. The van der Waals surface area contributed by atoms with Crippen LogP contribution in [0.3, 0.4) is 0 Å². The van der Waals surface area contributed by atoms with Gasteiger partial charge in [0.25, 0.3) is 5.56 Å². The van der Waals surface area contributed by atoms with Crippen molar-refractivity contribution in [2.45, 2.75) is 12.5 Å². The van der Waals surface area contributed by atoms with Gasteiger partial charge < -0.3 is 20.1 Å². The predicted molar refractivity (Wildman–Crippen MR) is 113 cm³/mol. The Hall–Kier alpha value is -3.78. The minimum atomic E-state index is -0.738. The van der Waals surface area contributed by atoms with Crippen LogP contribution in [0, 0.1) is 0 Å². The number of hydrogen-bond acceptors (Lipinski definition) is 5. The molecule has 0 amide bonds. The number of para-hydroxylation sites is 3. The molecule has 8 heteroatoms. The van der Waals surface area contributed by atoms with Crippen molar-refractivity contribution in [1.29, 1.82) is 0 Å². The fraction of sp³-hybridized carbons (Fsp3) is 0.182. The number of hydrogen-bond donors (Lipinski definition) is 4. The number of rotatable bonds is 3. The van der Waals surface area contributed by atoms with Crippen molar-refractivity contribution in [2.24, 2.45) is 0 Å². The molecule has 0 fully saturated rings. The van der Waals surface area contributed by atoms with E-state index in [2.05, 4.69) is 15.3 Å². The van der Waals surface area contributed by atoms with Crippen LogP contribution in [0.5, 0.6) is 11.6 Å². The third kappa shape index (κ3) is 2.65. The zero-order valence-corrected chi connectivity index (χ0v) is 16.2. The summed E-state index contributed by atoms with van der Waals surface area (Å²) in [5.41, 5.74) is 1.92. The molecule has 0 bridgehead atoms. The van der Waals surface area contributed by atoms with E-state index in [1.165, 1.54) is 7.11 Å². The van der Waals surface area contributed by atoms with Crippen molar-refractivity contribution in [1.82, 2.24) is 19.9 Å². The SMILES string of the molecule is COc1ccccc1-n1c(O)c([C@H]2NCCc3c2[nH]c2ccccc32)c(=O)[nH]c1=O. The van der Waals surface area contributed by atoms with Gasteiger partial charge in [-0.3, -0.25) is 9.78 Å². The molecule has 0 unspecified atom stereocenters. The van der Waals surface area contributed by atoms with E-state index in [1.54, 1.807) is 24.3 Å². The zero-order chi connectivity index (χ0) is 20.8. The Bertz CT molecular complexity index is 1380. The normalized spacial score (nSPS) is 15.8. The summed E-state index contributed by atoms with van der Waals surface area (Å²) in [6.07, 6.45) is 0.792. The van der Waals surface area contributed by atoms with E-state index in [9.17, 15) is 14.7 Å². The lowest BCUT2D eigenvalue weighted by atomic mass is 9.95. The molecule has 3 heterocycles. The van der Waals surface area contributed by atoms with Crippen LogP contribution in [0.25, 0.3) is 16.6 Å². The Labute approximate surface area is 170 Å². The second kappa shape index (κ2) is 6.93. The Kier molecular flexibility index (Phi) is 4.22. The van der Waals surface area contributed by atoms with Gasteiger partial charge in [0.15, 0.2) is 0 Å². The summed E-state index contributed by atoms with van der Waals surface area (Å²) >= 11 is 0. The van der Waals surface area contributed by atoms with Gasteiger partial charge in [0.05, 0.1) is 18.8 Å². The largest absolute Gasteiger partial charge is 0.495 e. The van der Waals surface area contributed by atoms with E-state index in [1.807, 2.05) is 24.3 Å². The highest BCUT2D eigenvalue weighted by atomic mass is 16.5. The third-order valence-corrected chi connectivity index (χ3v) is 5.59. The monoisotopic (exact) mass is 404 g/mol. The number of methoxy groups -OCH3 is 1. The van der Waals surface area contributed by atoms with Crippen LogP contribution in [0.2, 0.25) is 0 Å². The van der Waals surface area contributed by atoms with Crippen LogP contribution in [-0.2, 0) is 6.42 Å². The van der Waals surface area contributed by atoms with Gasteiger partial charge in [-0.25, -0.2) is 9.36 Å². The molecular formula is C22H20N4O4. The molecule has 5 rings (SSSR count). The molecule has 0 spiro atoms. The number of aromatic nitrogens is 3. The van der Waals surface area contributed by atoms with E-state index in [0.29, 0.717) is 18.0 Å². The van der Waals surface area contributed by atoms with Gasteiger partial charge in [-0.05, 0) is 30.2 Å². The molecule has 0 radical (unpaired) electrons. The van der Waals surface area contributed by atoms with Crippen LogP contribution >= 0.6 is 0 Å². The summed E-state index contributed by atoms with van der Waals surface area (Å²) in [4.78, 5) is 31.1. The van der Waals surface area contributed by atoms with Gasteiger partial charge in [-0.1, -0.05) is 30.3 Å². The predicted octanol–water partition coefficient (Wildman–Crippen LogP) is 1.96. The summed E-state index contributed by atoms with van der Waals surface area (Å²) in [7, 11) is 1.48. The fourth-order valence-electron chi connectivity index (χ4n) is 4.26. The molecule has 1 aliphatic rings. The number of aromatic amines is 2. The van der Waals surface area contributed by atoms with E-state index < -0.39 is 23.2 Å². The maximum absolute atomic E-state index is 12.8. The van der Waals surface area contributed by atoms with Crippen LogP contribution < -0.4 is 21.3 Å². The number of nitrogens with zero attached hydrogens (tertiary/aromatic N) is 1. The number of benzene rings is 2. The van der Waals surface area contributed by atoms with Crippen LogP contribution in [0.1, 0.15) is 22.9 Å². The van der Waals surface area contributed by atoms with Crippen LogP contribution in [0.15, 0.2) is 58.1 Å². The first-order valence-corrected chi connectivity index (χ1v) is 9.64. The number of aromatic hydroxyl groups is 1. The minimum absolute atomic E-state index is 0.0769. The van der Waals surface area contributed by atoms with Crippen molar-refractivity contribution in [3.05, 3.63) is 86.2 Å². The van der Waals surface area contributed by atoms with Crippen molar-refractivity contribution in [3.63, 3.8) is 0 Å². The Balaban J connectivity index is 1.76. The number of ether oxygens (including phenoxy) is 1. The maximum Gasteiger partial charge on any atom is 0.335 e. The summed E-state index contributed by atoms with van der Waals surface area (Å²) < 4.78 is 6.40. The van der Waals surface area contributed by atoms with Crippen molar-refractivity contribution >= 4 is 10.9 Å². The van der Waals surface area contributed by atoms with Gasteiger partial charge in [-0.2, -0.15) is 0 Å². The fourth-order valence-corrected chi connectivity index (χ4v) is 4.26. The summed E-state index contributed by atoms with van der Waals surface area (Å²) in [5, 5.41) is 15.5. The zero-order valence-electron chi connectivity index (χ0n) is 16.2. The molecule has 4 N–H and O–H groups in total. The lowest BCUT2D eigenvalue weighted by Gasteiger charge is -2.25. The molecule has 30 heavy (non-hydrogen) atoms. The minimum Gasteiger partial charge on any atom is -0.495 e. The summed E-state index contributed by atoms with van der Waals surface area (Å²) in [6.45, 7) is 0.631. The molecule has 0 saturated carbocycles. The first-order chi connectivity index (χ1) is 14.6. The quantitative estimate of drug-likeness (QED) is 0.417. The second-order valence-corrected chi connectivity index (χ2v) is 7.20. The first kappa shape index (κ1) is 18.3. The Morgan fingerprint density at radius 3 is 2.67 bits per heavy atom. The lowest BCUT2D eigenvalue weighted by molar-refractivity contribution is 0.393. The molecule has 1 atom stereocenters. The summed E-state index contributed by atoms with van der Waals surface area (Å²) in [5.74, 6) is -0.0203. The molecule has 0 aliphatic carbocycles. The standard InChI is InChI=1S/C22H20N4O4/c1-30-16-9-5-4-8-15(16)26-21(28)17(20(27)25-22(26)29)19-18-13(10-11-23-19)12-6-2-3-7-14(12)24-18/h2-9,19,23-24,28H,10-11H2,1H3,(H,25,27,29)/t19-/m1/s1. The first-order valence-electron chi connectivity index (χ1n) is 9.64. The Morgan fingerprint density at radius 1 is 1.07 bits per heavy atom. The van der Waals surface area contributed by atoms with Gasteiger partial charge in [-0.15, -0.1) is 0 Å². The van der Waals surface area contributed by atoms with Crippen LogP contribution in [0.4, 0.5) is 0 Å². The van der Waals surface area contributed by atoms with Crippen molar-refractivity contribution in [2.75, 3.05) is 13.7 Å². The molecule has 8 nitrogen and oxygen atoms in total. The molecule has 2 aromatic heterocycles. The van der Waals surface area contributed by atoms with Crippen LogP contribution in [-0.4, -0.2) is 33.3 Å². The Morgan fingerprint density at radius 2 is 1.83 bits per heavy atom. The van der Waals surface area contributed by atoms with Crippen molar-refractivity contribution < 1.29 is 9.84 Å². The van der Waals surface area contributed by atoms with Gasteiger partial charge >= 0.3 is 5.69 Å². The molecule has 0 saturated heterocycles. The van der Waals surface area contributed by atoms with E-state index in [0.717, 1.165) is 33.1 Å². The van der Waals surface area contributed by atoms with Crippen molar-refractivity contribution in [3.8, 4) is 17.3 Å². The highest BCUT2D eigenvalue weighted by Gasteiger charge is 2.31. The second-order valence-electron chi connectivity index (χ2n) is 7.20. The molecule has 152 valence electrons. The lowest BCUT2D eigenvalue weighted by Crippen LogP contribution is -2.38. The number of fused-ring (bicyclic) bond motifs is 3. The number of nitrogens with one attached hydrogen (secondary N) is 3. The van der Waals surface area contributed by atoms with Gasteiger partial charge in [0.2, 0.25) is 5.88 Å². The summed E-state index contributed by atoms with van der Waals surface area (Å²) in [6, 6.07) is 14.1. The van der Waals surface area contributed by atoms with E-state index >= 15 is 0 Å². The van der Waals surface area contributed by atoms with Gasteiger partial charge in [0.1, 0.15) is 11.3 Å². The molecule has 1 aliphatic heterocycles. The smallest absolute Gasteiger partial charge is 0.335 e. The average molecular weight is 404 g/mol. The highest BCUT2D eigenvalue weighted by molar-refractivity contribution is 5.85. The third-order valence-electron chi connectivity index (χ3n) is 5.59. The van der Waals surface area contributed by atoms with E-state index in [4.69, 9.17) is 4.74 Å². The number of H-pyrrole nitrogens is 2. The molecule has 2 aromatic carbocycles. The van der Waals surface area contributed by atoms with E-state index in [-0.39, 0.29) is 5.56 Å². The molecule has 4 aromatic rings.